The average Bonchev–Trinajstić information content (AvgIpc) is 3.05. The predicted octanol–water partition coefficient (Wildman–Crippen LogP) is 0.857. The van der Waals surface area contributed by atoms with Crippen molar-refractivity contribution in [3.8, 4) is 0 Å². The van der Waals surface area contributed by atoms with Crippen LogP contribution in [0.3, 0.4) is 0 Å². The van der Waals surface area contributed by atoms with E-state index >= 15 is 0 Å². The van der Waals surface area contributed by atoms with E-state index in [1.165, 1.54) is 16.2 Å². The molecule has 0 unspecified atom stereocenters. The first-order chi connectivity index (χ1) is 11.0. The number of nitrogens with zero attached hydrogens (tertiary/aromatic N) is 3. The number of rotatable bonds is 6. The Kier molecular flexibility index (Phi) is 6.09. The maximum Gasteiger partial charge on any atom is 0.306 e. The van der Waals surface area contributed by atoms with Gasteiger partial charge in [-0.15, -0.1) is 11.3 Å². The van der Waals surface area contributed by atoms with E-state index in [2.05, 4.69) is 4.98 Å². The van der Waals surface area contributed by atoms with Crippen LogP contribution < -0.4 is 0 Å². The largest absolute Gasteiger partial charge is 0.481 e. The summed E-state index contributed by atoms with van der Waals surface area (Å²) in [5.74, 6) is -1.38. The van der Waals surface area contributed by atoms with Gasteiger partial charge in [-0.3, -0.25) is 14.4 Å². The lowest BCUT2D eigenvalue weighted by molar-refractivity contribution is -0.146. The number of carboxylic acid groups (broad SMARTS) is 1. The predicted molar refractivity (Wildman–Crippen MR) is 85.0 cm³/mol. The third kappa shape index (κ3) is 5.02. The van der Waals surface area contributed by atoms with Crippen LogP contribution >= 0.6 is 11.3 Å². The van der Waals surface area contributed by atoms with Crippen molar-refractivity contribution in [3.63, 3.8) is 0 Å². The van der Waals surface area contributed by atoms with Gasteiger partial charge in [0.2, 0.25) is 11.8 Å². The van der Waals surface area contributed by atoms with Gasteiger partial charge in [-0.2, -0.15) is 0 Å². The Labute approximate surface area is 138 Å². The summed E-state index contributed by atoms with van der Waals surface area (Å²) in [6.07, 6.45) is 3.57. The van der Waals surface area contributed by atoms with Gasteiger partial charge in [0.05, 0.1) is 17.5 Å². The number of carboxylic acids is 1. The fraction of sp³-hybridized carbons (Fsp3) is 0.600. The second-order valence-corrected chi connectivity index (χ2v) is 6.65. The van der Waals surface area contributed by atoms with Crippen LogP contribution in [0, 0.1) is 5.92 Å². The molecule has 0 aromatic carbocycles. The van der Waals surface area contributed by atoms with Crippen LogP contribution in [0.4, 0.5) is 0 Å². The Balaban J connectivity index is 1.73. The van der Waals surface area contributed by atoms with Crippen molar-refractivity contribution in [1.82, 2.24) is 14.8 Å². The molecule has 2 rings (SSSR count). The van der Waals surface area contributed by atoms with Crippen molar-refractivity contribution in [2.75, 3.05) is 26.7 Å². The third-order valence-electron chi connectivity index (χ3n) is 4.03. The molecule has 7 nitrogen and oxygen atoms in total. The summed E-state index contributed by atoms with van der Waals surface area (Å²) in [4.78, 5) is 42.4. The molecule has 1 aromatic heterocycles. The fourth-order valence-electron chi connectivity index (χ4n) is 2.55. The summed E-state index contributed by atoms with van der Waals surface area (Å²) in [7, 11) is 1.62. The average molecular weight is 339 g/mol. The highest BCUT2D eigenvalue weighted by molar-refractivity contribution is 7.09. The quantitative estimate of drug-likeness (QED) is 0.830. The molecule has 0 radical (unpaired) electrons. The number of thiazole rings is 1. The van der Waals surface area contributed by atoms with E-state index in [-0.39, 0.29) is 24.3 Å². The molecule has 1 fully saturated rings. The van der Waals surface area contributed by atoms with Gasteiger partial charge < -0.3 is 14.9 Å². The van der Waals surface area contributed by atoms with Crippen molar-refractivity contribution < 1.29 is 19.5 Å². The molecule has 0 spiro atoms. The number of aliphatic carboxylic acids is 1. The van der Waals surface area contributed by atoms with Crippen LogP contribution in [0.5, 0.6) is 0 Å². The molecule has 0 aliphatic carbocycles. The Hall–Kier alpha value is -1.96. The normalized spacial score (nSPS) is 15.4. The molecule has 23 heavy (non-hydrogen) atoms. The number of likely N-dealkylation sites (tertiary alicyclic amines) is 1. The van der Waals surface area contributed by atoms with Gasteiger partial charge in [0, 0.05) is 44.6 Å². The van der Waals surface area contributed by atoms with E-state index < -0.39 is 5.97 Å². The molecule has 2 amide bonds. The molecule has 126 valence electrons. The zero-order valence-electron chi connectivity index (χ0n) is 13.1. The fourth-order valence-corrected chi connectivity index (χ4v) is 3.17. The molecule has 2 heterocycles. The smallest absolute Gasteiger partial charge is 0.306 e. The lowest BCUT2D eigenvalue weighted by Crippen LogP contribution is -2.45. The van der Waals surface area contributed by atoms with Crippen LogP contribution in [0.2, 0.25) is 0 Å². The lowest BCUT2D eigenvalue weighted by atomic mass is 9.97. The Morgan fingerprint density at radius 1 is 1.39 bits per heavy atom. The summed E-state index contributed by atoms with van der Waals surface area (Å²) in [6.45, 7) is 0.919. The summed E-state index contributed by atoms with van der Waals surface area (Å²) >= 11 is 1.51. The van der Waals surface area contributed by atoms with Gasteiger partial charge in [-0.25, -0.2) is 4.98 Å². The molecular weight excluding hydrogens is 318 g/mol. The number of likely N-dealkylation sites (N-methyl/N-ethyl adjacent to an activating group) is 1. The van der Waals surface area contributed by atoms with Gasteiger partial charge in [-0.1, -0.05) is 0 Å². The molecule has 8 heteroatoms. The highest BCUT2D eigenvalue weighted by atomic mass is 32.1. The summed E-state index contributed by atoms with van der Waals surface area (Å²) in [5, 5.41) is 11.7. The van der Waals surface area contributed by atoms with Crippen LogP contribution in [0.15, 0.2) is 11.6 Å². The summed E-state index contributed by atoms with van der Waals surface area (Å²) in [5.41, 5.74) is 0. The zero-order chi connectivity index (χ0) is 16.8. The molecular formula is C15H21N3O4S. The lowest BCUT2D eigenvalue weighted by Gasteiger charge is -2.31. The van der Waals surface area contributed by atoms with Gasteiger partial charge >= 0.3 is 5.97 Å². The van der Waals surface area contributed by atoms with E-state index in [4.69, 9.17) is 5.11 Å². The minimum absolute atomic E-state index is 0.0362. The van der Waals surface area contributed by atoms with Gasteiger partial charge in [0.1, 0.15) is 0 Å². The number of piperidine rings is 1. The molecule has 0 bridgehead atoms. The Morgan fingerprint density at radius 3 is 2.65 bits per heavy atom. The molecule has 1 aromatic rings. The first-order valence-electron chi connectivity index (χ1n) is 7.60. The SMILES string of the molecule is CN(CC(=O)N1CCC(C(=O)O)CC1)C(=O)CCc1nccs1. The molecule has 1 N–H and O–H groups in total. The number of carbonyl (C=O) groups excluding carboxylic acids is 2. The number of carbonyl (C=O) groups is 3. The molecule has 1 aliphatic heterocycles. The standard InChI is InChI=1S/C15H21N3O4S/c1-17(13(19)3-2-12-16-6-9-23-12)10-14(20)18-7-4-11(5-8-18)15(21)22/h6,9,11H,2-5,7-8,10H2,1H3,(H,21,22). The Bertz CT molecular complexity index is 553. The molecule has 1 saturated heterocycles. The minimum Gasteiger partial charge on any atom is -0.481 e. The van der Waals surface area contributed by atoms with Gasteiger partial charge in [0.25, 0.3) is 0 Å². The van der Waals surface area contributed by atoms with E-state index in [9.17, 15) is 14.4 Å². The first kappa shape index (κ1) is 17.4. The van der Waals surface area contributed by atoms with Crippen LogP contribution in [-0.2, 0) is 20.8 Å². The third-order valence-corrected chi connectivity index (χ3v) is 4.87. The van der Waals surface area contributed by atoms with Crippen molar-refractivity contribution in [2.24, 2.45) is 5.92 Å². The minimum atomic E-state index is -0.799. The van der Waals surface area contributed by atoms with E-state index in [0.29, 0.717) is 38.8 Å². The van der Waals surface area contributed by atoms with E-state index in [0.717, 1.165) is 5.01 Å². The highest BCUT2D eigenvalue weighted by Gasteiger charge is 2.27. The second kappa shape index (κ2) is 8.05. The summed E-state index contributed by atoms with van der Waals surface area (Å²) < 4.78 is 0. The van der Waals surface area contributed by atoms with E-state index in [1.54, 1.807) is 18.1 Å². The first-order valence-corrected chi connectivity index (χ1v) is 8.48. The van der Waals surface area contributed by atoms with Crippen molar-refractivity contribution >= 4 is 29.1 Å². The number of hydrogen-bond acceptors (Lipinski definition) is 5. The topological polar surface area (TPSA) is 90.8 Å². The monoisotopic (exact) mass is 339 g/mol. The number of aryl methyl sites for hydroxylation is 1. The molecule has 0 atom stereocenters. The number of amides is 2. The van der Waals surface area contributed by atoms with Gasteiger partial charge in [0.15, 0.2) is 0 Å². The van der Waals surface area contributed by atoms with Crippen molar-refractivity contribution in [2.45, 2.75) is 25.7 Å². The highest BCUT2D eigenvalue weighted by Crippen LogP contribution is 2.17. The maximum absolute atomic E-state index is 12.2. The van der Waals surface area contributed by atoms with Crippen molar-refractivity contribution in [1.29, 1.82) is 0 Å². The molecule has 1 aliphatic rings. The Morgan fingerprint density at radius 2 is 2.09 bits per heavy atom. The van der Waals surface area contributed by atoms with Crippen molar-refractivity contribution in [3.05, 3.63) is 16.6 Å². The molecule has 0 saturated carbocycles. The summed E-state index contributed by atoms with van der Waals surface area (Å²) in [6, 6.07) is 0. The van der Waals surface area contributed by atoms with Crippen LogP contribution in [0.25, 0.3) is 0 Å². The maximum atomic E-state index is 12.2. The number of hydrogen-bond donors (Lipinski definition) is 1. The van der Waals surface area contributed by atoms with Crippen LogP contribution in [0.1, 0.15) is 24.3 Å². The second-order valence-electron chi connectivity index (χ2n) is 5.67. The van der Waals surface area contributed by atoms with E-state index in [1.807, 2.05) is 5.38 Å². The van der Waals surface area contributed by atoms with Gasteiger partial charge in [-0.05, 0) is 12.8 Å². The zero-order valence-corrected chi connectivity index (χ0v) is 13.9. The van der Waals surface area contributed by atoms with Crippen LogP contribution in [-0.4, -0.2) is 64.4 Å². The number of aromatic nitrogens is 1.